The number of anilines is 1. The highest BCUT2D eigenvalue weighted by Gasteiger charge is 2.25. The van der Waals surface area contributed by atoms with Crippen LogP contribution in [0.3, 0.4) is 0 Å². The molecule has 1 aromatic carbocycles. The van der Waals surface area contributed by atoms with Crippen LogP contribution in [-0.2, 0) is 11.4 Å². The summed E-state index contributed by atoms with van der Waals surface area (Å²) in [4.78, 5) is 23.3. The largest absolute Gasteiger partial charge is 0.392 e. The molecule has 0 aliphatic rings. The highest BCUT2D eigenvalue weighted by atomic mass is 16.3. The van der Waals surface area contributed by atoms with Gasteiger partial charge in [-0.25, -0.2) is 4.79 Å². The summed E-state index contributed by atoms with van der Waals surface area (Å²) in [5.74, 6) is -0.400. The van der Waals surface area contributed by atoms with Crippen molar-refractivity contribution in [2.24, 2.45) is 11.7 Å². The zero-order chi connectivity index (χ0) is 15.1. The molecule has 20 heavy (non-hydrogen) atoms. The monoisotopic (exact) mass is 279 g/mol. The quantitative estimate of drug-likeness (QED) is 0.629. The fraction of sp³-hybridized carbons (Fsp3) is 0.429. The molecule has 0 aliphatic heterocycles. The number of nitrogens with one attached hydrogen (secondary N) is 2. The molecule has 2 unspecified atom stereocenters. The highest BCUT2D eigenvalue weighted by Crippen LogP contribution is 2.17. The van der Waals surface area contributed by atoms with E-state index in [9.17, 15) is 14.7 Å². The Morgan fingerprint density at radius 2 is 2.00 bits per heavy atom. The van der Waals surface area contributed by atoms with Crippen molar-refractivity contribution in [3.05, 3.63) is 29.8 Å². The van der Waals surface area contributed by atoms with Crippen LogP contribution in [0.2, 0.25) is 0 Å². The summed E-state index contributed by atoms with van der Waals surface area (Å²) < 4.78 is 0. The van der Waals surface area contributed by atoms with Crippen molar-refractivity contribution in [3.63, 3.8) is 0 Å². The van der Waals surface area contributed by atoms with E-state index in [1.54, 1.807) is 24.3 Å². The maximum Gasteiger partial charge on any atom is 0.312 e. The maximum atomic E-state index is 12.3. The van der Waals surface area contributed by atoms with Gasteiger partial charge in [-0.1, -0.05) is 38.5 Å². The summed E-state index contributed by atoms with van der Waals surface area (Å²) in [5.41, 5.74) is 6.24. The van der Waals surface area contributed by atoms with Crippen molar-refractivity contribution in [2.45, 2.75) is 32.9 Å². The van der Waals surface area contributed by atoms with Crippen LogP contribution in [0.4, 0.5) is 10.5 Å². The zero-order valence-electron chi connectivity index (χ0n) is 11.7. The van der Waals surface area contributed by atoms with Crippen LogP contribution in [0.25, 0.3) is 0 Å². The van der Waals surface area contributed by atoms with Crippen molar-refractivity contribution < 1.29 is 14.7 Å². The first-order valence-corrected chi connectivity index (χ1v) is 6.55. The number of para-hydroxylation sites is 1. The number of nitrogens with two attached hydrogens (primary N) is 1. The maximum absolute atomic E-state index is 12.3. The van der Waals surface area contributed by atoms with E-state index in [4.69, 9.17) is 5.73 Å². The zero-order valence-corrected chi connectivity index (χ0v) is 11.7. The summed E-state index contributed by atoms with van der Waals surface area (Å²) in [7, 11) is 0. The second-order valence-corrected chi connectivity index (χ2v) is 4.68. The number of urea groups is 1. The smallest absolute Gasteiger partial charge is 0.312 e. The highest BCUT2D eigenvalue weighted by molar-refractivity contribution is 5.97. The Labute approximate surface area is 118 Å². The Bertz CT molecular complexity index is 476. The Balaban J connectivity index is 2.87. The van der Waals surface area contributed by atoms with Gasteiger partial charge in [0.25, 0.3) is 0 Å². The molecule has 0 spiro atoms. The van der Waals surface area contributed by atoms with Crippen LogP contribution in [0, 0.1) is 5.92 Å². The molecule has 110 valence electrons. The number of carbonyl (C=O) groups excluding carboxylic acids is 2. The minimum atomic E-state index is -0.735. The fourth-order valence-corrected chi connectivity index (χ4v) is 1.85. The molecule has 0 saturated carbocycles. The van der Waals surface area contributed by atoms with E-state index in [1.807, 2.05) is 13.8 Å². The standard InChI is InChI=1S/C14H21N3O3/c1-3-9(2)12(17-14(15)20)13(19)16-11-7-5-4-6-10(11)8-18/h4-7,9,12,18H,3,8H2,1-2H3,(H,16,19)(H3,15,17,20). The molecule has 6 heteroatoms. The van der Waals surface area contributed by atoms with Gasteiger partial charge in [-0.2, -0.15) is 0 Å². The van der Waals surface area contributed by atoms with Gasteiger partial charge in [0.1, 0.15) is 6.04 Å². The number of primary amides is 1. The lowest BCUT2D eigenvalue weighted by molar-refractivity contribution is -0.119. The van der Waals surface area contributed by atoms with Crippen molar-refractivity contribution >= 4 is 17.6 Å². The normalized spacial score (nSPS) is 13.3. The molecular formula is C14H21N3O3. The minimum absolute atomic E-state index is 0.0520. The van der Waals surface area contributed by atoms with Crippen LogP contribution in [0.15, 0.2) is 24.3 Å². The summed E-state index contributed by atoms with van der Waals surface area (Å²) in [5, 5.41) is 14.4. The molecule has 2 atom stereocenters. The summed E-state index contributed by atoms with van der Waals surface area (Å²) in [6.07, 6.45) is 0.722. The summed E-state index contributed by atoms with van der Waals surface area (Å²) in [6, 6.07) is 5.51. The number of benzene rings is 1. The van der Waals surface area contributed by atoms with Gasteiger partial charge in [-0.05, 0) is 12.0 Å². The summed E-state index contributed by atoms with van der Waals surface area (Å²) >= 11 is 0. The molecule has 0 saturated heterocycles. The van der Waals surface area contributed by atoms with Gasteiger partial charge >= 0.3 is 6.03 Å². The first-order chi connectivity index (χ1) is 9.49. The molecular weight excluding hydrogens is 258 g/mol. The van der Waals surface area contributed by atoms with Gasteiger partial charge in [0.05, 0.1) is 6.61 Å². The molecule has 0 fully saturated rings. The second-order valence-electron chi connectivity index (χ2n) is 4.68. The lowest BCUT2D eigenvalue weighted by Gasteiger charge is -2.23. The van der Waals surface area contributed by atoms with Crippen molar-refractivity contribution in [1.82, 2.24) is 5.32 Å². The number of carbonyl (C=O) groups is 2. The fourth-order valence-electron chi connectivity index (χ4n) is 1.85. The Morgan fingerprint density at radius 3 is 2.55 bits per heavy atom. The van der Waals surface area contributed by atoms with E-state index >= 15 is 0 Å². The third-order valence-electron chi connectivity index (χ3n) is 3.24. The first-order valence-electron chi connectivity index (χ1n) is 6.55. The van der Waals surface area contributed by atoms with Crippen LogP contribution in [0.5, 0.6) is 0 Å². The SMILES string of the molecule is CCC(C)C(NC(N)=O)C(=O)Nc1ccccc1CO. The second kappa shape index (κ2) is 7.49. The first kappa shape index (κ1) is 16.0. The molecule has 3 amide bonds. The number of aliphatic hydroxyl groups is 1. The third-order valence-corrected chi connectivity index (χ3v) is 3.24. The number of aliphatic hydroxyl groups excluding tert-OH is 1. The average molecular weight is 279 g/mol. The van der Waals surface area contributed by atoms with Crippen molar-refractivity contribution in [1.29, 1.82) is 0 Å². The number of hydrogen-bond donors (Lipinski definition) is 4. The molecule has 0 bridgehead atoms. The third kappa shape index (κ3) is 4.24. The van der Waals surface area contributed by atoms with E-state index in [1.165, 1.54) is 0 Å². The van der Waals surface area contributed by atoms with Gasteiger partial charge in [-0.15, -0.1) is 0 Å². The molecule has 1 rings (SSSR count). The molecule has 1 aromatic rings. The predicted molar refractivity (Wildman–Crippen MR) is 77.0 cm³/mol. The molecule has 6 nitrogen and oxygen atoms in total. The number of hydrogen-bond acceptors (Lipinski definition) is 3. The minimum Gasteiger partial charge on any atom is -0.392 e. The predicted octanol–water partition coefficient (Wildman–Crippen LogP) is 1.20. The van der Waals surface area contributed by atoms with Crippen LogP contribution in [-0.4, -0.2) is 23.1 Å². The summed E-state index contributed by atoms with van der Waals surface area (Å²) in [6.45, 7) is 3.61. The van der Waals surface area contributed by atoms with Crippen LogP contribution < -0.4 is 16.4 Å². The average Bonchev–Trinajstić information content (AvgIpc) is 2.44. The topological polar surface area (TPSA) is 104 Å². The number of amides is 3. The van der Waals surface area contributed by atoms with Crippen molar-refractivity contribution in [2.75, 3.05) is 5.32 Å². The Hall–Kier alpha value is -2.08. The van der Waals surface area contributed by atoms with Crippen molar-refractivity contribution in [3.8, 4) is 0 Å². The van der Waals surface area contributed by atoms with Gasteiger partial charge in [0.2, 0.25) is 5.91 Å². The van der Waals surface area contributed by atoms with Crippen LogP contribution >= 0.6 is 0 Å². The van der Waals surface area contributed by atoms with Gasteiger partial charge in [0.15, 0.2) is 0 Å². The molecule has 0 aromatic heterocycles. The molecule has 0 aliphatic carbocycles. The van der Waals surface area contributed by atoms with Crippen LogP contribution in [0.1, 0.15) is 25.8 Å². The van der Waals surface area contributed by atoms with Gasteiger partial charge < -0.3 is 21.5 Å². The van der Waals surface area contributed by atoms with E-state index in [-0.39, 0.29) is 18.4 Å². The van der Waals surface area contributed by atoms with E-state index in [0.29, 0.717) is 11.3 Å². The molecule has 0 radical (unpaired) electrons. The lowest BCUT2D eigenvalue weighted by atomic mass is 9.98. The van der Waals surface area contributed by atoms with Gasteiger partial charge in [-0.3, -0.25) is 4.79 Å². The molecule has 0 heterocycles. The van der Waals surface area contributed by atoms with E-state index in [2.05, 4.69) is 10.6 Å². The van der Waals surface area contributed by atoms with E-state index in [0.717, 1.165) is 6.42 Å². The molecule has 5 N–H and O–H groups in total. The Kier molecular flexibility index (Phi) is 5.99. The Morgan fingerprint density at radius 1 is 1.35 bits per heavy atom. The lowest BCUT2D eigenvalue weighted by Crippen LogP contribution is -2.49. The van der Waals surface area contributed by atoms with Gasteiger partial charge in [0, 0.05) is 11.3 Å². The number of rotatable bonds is 6. The van der Waals surface area contributed by atoms with E-state index < -0.39 is 12.1 Å².